The van der Waals surface area contributed by atoms with Crippen molar-refractivity contribution in [3.63, 3.8) is 0 Å². The molecule has 1 aromatic carbocycles. The van der Waals surface area contributed by atoms with E-state index in [0.717, 1.165) is 23.2 Å². The number of carboxylic acids is 1. The van der Waals surface area contributed by atoms with Crippen LogP contribution < -0.4 is 5.32 Å². The van der Waals surface area contributed by atoms with Gasteiger partial charge in [-0.1, -0.05) is 32.0 Å². The SMILES string of the molecule is CC(C)(CC(=O)O)c1cccc2c1NC(=O)CC2. The molecule has 0 aliphatic carbocycles. The zero-order chi connectivity index (χ0) is 13.3. The van der Waals surface area contributed by atoms with Crippen LogP contribution in [0.1, 0.15) is 37.8 Å². The van der Waals surface area contributed by atoms with Crippen molar-refractivity contribution in [2.24, 2.45) is 0 Å². The zero-order valence-electron chi connectivity index (χ0n) is 10.6. The third-order valence-electron chi connectivity index (χ3n) is 3.36. The van der Waals surface area contributed by atoms with Gasteiger partial charge in [0.25, 0.3) is 0 Å². The zero-order valence-corrected chi connectivity index (χ0v) is 10.6. The van der Waals surface area contributed by atoms with E-state index < -0.39 is 11.4 Å². The summed E-state index contributed by atoms with van der Waals surface area (Å²) in [6.45, 7) is 3.77. The van der Waals surface area contributed by atoms with E-state index in [-0.39, 0.29) is 12.3 Å². The fourth-order valence-corrected chi connectivity index (χ4v) is 2.44. The lowest BCUT2D eigenvalue weighted by Gasteiger charge is -2.29. The number of carboxylic acid groups (broad SMARTS) is 1. The summed E-state index contributed by atoms with van der Waals surface area (Å²) >= 11 is 0. The first-order valence-electron chi connectivity index (χ1n) is 6.04. The van der Waals surface area contributed by atoms with Gasteiger partial charge in [-0.3, -0.25) is 9.59 Å². The summed E-state index contributed by atoms with van der Waals surface area (Å²) in [4.78, 5) is 22.4. The van der Waals surface area contributed by atoms with Crippen molar-refractivity contribution in [1.29, 1.82) is 0 Å². The standard InChI is InChI=1S/C14H17NO3/c1-14(2,8-12(17)18)10-5-3-4-9-6-7-11(16)15-13(9)10/h3-5H,6-8H2,1-2H3,(H,15,16)(H,17,18). The second-order valence-electron chi connectivity index (χ2n) is 5.34. The first kappa shape index (κ1) is 12.6. The lowest BCUT2D eigenvalue weighted by atomic mass is 9.79. The molecule has 0 bridgehead atoms. The Morgan fingerprint density at radius 1 is 1.39 bits per heavy atom. The molecule has 0 aromatic heterocycles. The summed E-state index contributed by atoms with van der Waals surface area (Å²) in [5, 5.41) is 11.9. The smallest absolute Gasteiger partial charge is 0.304 e. The van der Waals surface area contributed by atoms with Crippen LogP contribution in [-0.4, -0.2) is 17.0 Å². The molecule has 4 heteroatoms. The molecular weight excluding hydrogens is 230 g/mol. The molecule has 96 valence electrons. The van der Waals surface area contributed by atoms with Crippen molar-refractivity contribution < 1.29 is 14.7 Å². The van der Waals surface area contributed by atoms with Gasteiger partial charge in [-0.2, -0.15) is 0 Å². The molecule has 0 fully saturated rings. The fraction of sp³-hybridized carbons (Fsp3) is 0.429. The Hall–Kier alpha value is -1.84. The molecule has 0 spiro atoms. The lowest BCUT2D eigenvalue weighted by molar-refractivity contribution is -0.138. The minimum absolute atomic E-state index is 0.000995. The topological polar surface area (TPSA) is 66.4 Å². The summed E-state index contributed by atoms with van der Waals surface area (Å²) in [6.07, 6.45) is 1.26. The maximum atomic E-state index is 11.5. The molecule has 0 radical (unpaired) electrons. The molecule has 2 rings (SSSR count). The number of amides is 1. The minimum Gasteiger partial charge on any atom is -0.481 e. The van der Waals surface area contributed by atoms with E-state index in [1.807, 2.05) is 32.0 Å². The molecule has 4 nitrogen and oxygen atoms in total. The van der Waals surface area contributed by atoms with Crippen LogP contribution in [0.5, 0.6) is 0 Å². The maximum absolute atomic E-state index is 11.5. The maximum Gasteiger partial charge on any atom is 0.304 e. The number of fused-ring (bicyclic) bond motifs is 1. The fourth-order valence-electron chi connectivity index (χ4n) is 2.44. The molecule has 0 saturated carbocycles. The van der Waals surface area contributed by atoms with Crippen molar-refractivity contribution in [2.75, 3.05) is 5.32 Å². The van der Waals surface area contributed by atoms with Gasteiger partial charge in [0.15, 0.2) is 0 Å². The highest BCUT2D eigenvalue weighted by Crippen LogP contribution is 2.36. The number of carbonyl (C=O) groups is 2. The van der Waals surface area contributed by atoms with E-state index in [1.54, 1.807) is 0 Å². The normalized spacial score (nSPS) is 14.9. The molecule has 1 heterocycles. The predicted octanol–water partition coefficient (Wildman–Crippen LogP) is 2.32. The van der Waals surface area contributed by atoms with E-state index in [0.29, 0.717) is 6.42 Å². The van der Waals surface area contributed by atoms with E-state index in [2.05, 4.69) is 5.32 Å². The Kier molecular flexibility index (Phi) is 3.11. The highest BCUT2D eigenvalue weighted by Gasteiger charge is 2.29. The average molecular weight is 247 g/mol. The molecule has 0 atom stereocenters. The number of nitrogens with one attached hydrogen (secondary N) is 1. The molecule has 0 unspecified atom stereocenters. The van der Waals surface area contributed by atoms with Crippen LogP contribution in [0.4, 0.5) is 5.69 Å². The van der Waals surface area contributed by atoms with E-state index >= 15 is 0 Å². The van der Waals surface area contributed by atoms with E-state index in [9.17, 15) is 9.59 Å². The first-order chi connectivity index (χ1) is 8.40. The number of aliphatic carboxylic acids is 1. The minimum atomic E-state index is -0.834. The summed E-state index contributed by atoms with van der Waals surface area (Å²) in [5.41, 5.74) is 2.29. The quantitative estimate of drug-likeness (QED) is 0.861. The Morgan fingerprint density at radius 3 is 2.78 bits per heavy atom. The summed E-state index contributed by atoms with van der Waals surface area (Å²) < 4.78 is 0. The summed E-state index contributed by atoms with van der Waals surface area (Å²) in [5.74, 6) is -0.833. The third-order valence-corrected chi connectivity index (χ3v) is 3.36. The van der Waals surface area contributed by atoms with Gasteiger partial charge in [-0.15, -0.1) is 0 Å². The number of para-hydroxylation sites is 1. The predicted molar refractivity (Wildman–Crippen MR) is 68.7 cm³/mol. The summed E-state index contributed by atoms with van der Waals surface area (Å²) in [6, 6.07) is 5.80. The van der Waals surface area contributed by atoms with Crippen molar-refractivity contribution in [3.8, 4) is 0 Å². The number of anilines is 1. The van der Waals surface area contributed by atoms with Gasteiger partial charge in [-0.25, -0.2) is 0 Å². The van der Waals surface area contributed by atoms with Crippen LogP contribution in [-0.2, 0) is 21.4 Å². The molecule has 0 saturated heterocycles. The number of aryl methyl sites for hydroxylation is 1. The molecular formula is C14H17NO3. The Labute approximate surface area is 106 Å². The Bertz CT molecular complexity index is 506. The van der Waals surface area contributed by atoms with Gasteiger partial charge in [-0.05, 0) is 17.5 Å². The summed E-state index contributed by atoms with van der Waals surface area (Å²) in [7, 11) is 0. The van der Waals surface area contributed by atoms with Gasteiger partial charge in [0.1, 0.15) is 0 Å². The van der Waals surface area contributed by atoms with Gasteiger partial charge in [0.2, 0.25) is 5.91 Å². The first-order valence-corrected chi connectivity index (χ1v) is 6.04. The van der Waals surface area contributed by atoms with Crippen LogP contribution >= 0.6 is 0 Å². The van der Waals surface area contributed by atoms with Crippen molar-refractivity contribution in [1.82, 2.24) is 0 Å². The van der Waals surface area contributed by atoms with Crippen LogP contribution in [0.2, 0.25) is 0 Å². The van der Waals surface area contributed by atoms with Gasteiger partial charge in [0.05, 0.1) is 6.42 Å². The van der Waals surface area contributed by atoms with Gasteiger partial charge in [0, 0.05) is 17.5 Å². The number of rotatable bonds is 3. The van der Waals surface area contributed by atoms with Crippen LogP contribution in [0, 0.1) is 0 Å². The molecule has 18 heavy (non-hydrogen) atoms. The number of benzene rings is 1. The molecule has 1 aliphatic rings. The van der Waals surface area contributed by atoms with Crippen LogP contribution in [0.3, 0.4) is 0 Å². The number of hydrogen-bond acceptors (Lipinski definition) is 2. The largest absolute Gasteiger partial charge is 0.481 e. The van der Waals surface area contributed by atoms with E-state index in [1.165, 1.54) is 0 Å². The van der Waals surface area contributed by atoms with Gasteiger partial charge < -0.3 is 10.4 Å². The van der Waals surface area contributed by atoms with Crippen LogP contribution in [0.25, 0.3) is 0 Å². The lowest BCUT2D eigenvalue weighted by Crippen LogP contribution is -2.27. The van der Waals surface area contributed by atoms with Crippen molar-refractivity contribution in [3.05, 3.63) is 29.3 Å². The van der Waals surface area contributed by atoms with Crippen molar-refractivity contribution in [2.45, 2.75) is 38.5 Å². The van der Waals surface area contributed by atoms with Crippen LogP contribution in [0.15, 0.2) is 18.2 Å². The third kappa shape index (κ3) is 2.37. The molecule has 1 aromatic rings. The second kappa shape index (κ2) is 4.44. The van der Waals surface area contributed by atoms with Gasteiger partial charge >= 0.3 is 5.97 Å². The molecule has 2 N–H and O–H groups in total. The average Bonchev–Trinajstić information content (AvgIpc) is 2.26. The number of hydrogen-bond donors (Lipinski definition) is 2. The molecule has 1 aliphatic heterocycles. The highest BCUT2D eigenvalue weighted by molar-refractivity contribution is 5.95. The monoisotopic (exact) mass is 247 g/mol. The Balaban J connectivity index is 2.45. The second-order valence-corrected chi connectivity index (χ2v) is 5.34. The van der Waals surface area contributed by atoms with E-state index in [4.69, 9.17) is 5.11 Å². The molecule has 1 amide bonds. The van der Waals surface area contributed by atoms with Crippen molar-refractivity contribution >= 4 is 17.6 Å². The Morgan fingerprint density at radius 2 is 2.11 bits per heavy atom. The number of carbonyl (C=O) groups excluding carboxylic acids is 1. The highest BCUT2D eigenvalue weighted by atomic mass is 16.4.